The van der Waals surface area contributed by atoms with E-state index in [0.717, 1.165) is 18.9 Å². The van der Waals surface area contributed by atoms with Gasteiger partial charge < -0.3 is 10.1 Å². The van der Waals surface area contributed by atoms with Crippen LogP contribution in [0.1, 0.15) is 31.2 Å². The first-order valence-corrected chi connectivity index (χ1v) is 6.91. The summed E-state index contributed by atoms with van der Waals surface area (Å²) in [7, 11) is 0. The van der Waals surface area contributed by atoms with E-state index >= 15 is 0 Å². The zero-order valence-electron chi connectivity index (χ0n) is 11.3. The van der Waals surface area contributed by atoms with Gasteiger partial charge in [0.2, 0.25) is 0 Å². The van der Waals surface area contributed by atoms with Crippen LogP contribution >= 0.6 is 0 Å². The van der Waals surface area contributed by atoms with Gasteiger partial charge in [-0.15, -0.1) is 0 Å². The first-order valence-electron chi connectivity index (χ1n) is 6.91. The first-order chi connectivity index (χ1) is 9.65. The summed E-state index contributed by atoms with van der Waals surface area (Å²) in [5.74, 6) is -0.585. The highest BCUT2D eigenvalue weighted by Gasteiger charge is 2.14. The third-order valence-electron chi connectivity index (χ3n) is 3.42. The van der Waals surface area contributed by atoms with Crippen LogP contribution in [-0.4, -0.2) is 24.2 Å². The van der Waals surface area contributed by atoms with Crippen LogP contribution in [0.15, 0.2) is 18.2 Å². The van der Waals surface area contributed by atoms with Gasteiger partial charge in [-0.2, -0.15) is 0 Å². The molecule has 110 valence electrons. The van der Waals surface area contributed by atoms with Crippen molar-refractivity contribution < 1.29 is 14.1 Å². The number of hydrogen-bond acceptors (Lipinski definition) is 4. The molecule has 0 aromatic heterocycles. The number of nitrogens with one attached hydrogen (secondary N) is 1. The number of halogens is 1. The fourth-order valence-corrected chi connectivity index (χ4v) is 2.43. The molecular formula is C14H19FN2O3. The quantitative estimate of drug-likeness (QED) is 0.474. The lowest BCUT2D eigenvalue weighted by Crippen LogP contribution is -2.22. The largest absolute Gasteiger partial charge is 0.377 e. The number of ether oxygens (including phenoxy) is 1. The Morgan fingerprint density at radius 2 is 2.10 bits per heavy atom. The molecule has 1 aromatic rings. The minimum absolute atomic E-state index is 0.219. The number of hydrogen-bond donors (Lipinski definition) is 1. The molecule has 0 aliphatic heterocycles. The fourth-order valence-electron chi connectivity index (χ4n) is 2.43. The van der Waals surface area contributed by atoms with Crippen molar-refractivity contribution in [3.8, 4) is 0 Å². The van der Waals surface area contributed by atoms with E-state index in [2.05, 4.69) is 5.32 Å². The van der Waals surface area contributed by atoms with Crippen LogP contribution < -0.4 is 5.32 Å². The highest BCUT2D eigenvalue weighted by Crippen LogP contribution is 2.20. The van der Waals surface area contributed by atoms with Crippen molar-refractivity contribution in [3.05, 3.63) is 39.7 Å². The fraction of sp³-hybridized carbons (Fsp3) is 0.571. The Kier molecular flexibility index (Phi) is 5.43. The SMILES string of the molecule is O=[N+]([O-])c1cc(F)cc(CNCCOC2CCCC2)c1. The summed E-state index contributed by atoms with van der Waals surface area (Å²) in [4.78, 5) is 10.0. The molecule has 0 heterocycles. The van der Waals surface area contributed by atoms with E-state index in [1.165, 1.54) is 25.0 Å². The summed E-state index contributed by atoms with van der Waals surface area (Å²) in [5.41, 5.74) is 0.349. The first kappa shape index (κ1) is 14.9. The molecule has 1 fully saturated rings. The predicted molar refractivity (Wildman–Crippen MR) is 73.0 cm³/mol. The van der Waals surface area contributed by atoms with Crippen molar-refractivity contribution in [2.75, 3.05) is 13.2 Å². The van der Waals surface area contributed by atoms with Crippen LogP contribution in [0.5, 0.6) is 0 Å². The van der Waals surface area contributed by atoms with Crippen LogP contribution in [-0.2, 0) is 11.3 Å². The Labute approximate surface area is 117 Å². The van der Waals surface area contributed by atoms with Crippen molar-refractivity contribution in [2.45, 2.75) is 38.3 Å². The molecule has 0 spiro atoms. The second-order valence-corrected chi connectivity index (χ2v) is 5.03. The lowest BCUT2D eigenvalue weighted by molar-refractivity contribution is -0.385. The number of nitrogens with zero attached hydrogens (tertiary/aromatic N) is 1. The lowest BCUT2D eigenvalue weighted by Gasteiger charge is -2.11. The Hall–Kier alpha value is -1.53. The maximum atomic E-state index is 13.2. The van der Waals surface area contributed by atoms with Crippen molar-refractivity contribution in [1.29, 1.82) is 0 Å². The second-order valence-electron chi connectivity index (χ2n) is 5.03. The molecule has 1 aliphatic rings. The highest BCUT2D eigenvalue weighted by molar-refractivity contribution is 5.35. The smallest absolute Gasteiger partial charge is 0.272 e. The van der Waals surface area contributed by atoms with Gasteiger partial charge in [-0.3, -0.25) is 10.1 Å². The molecular weight excluding hydrogens is 263 g/mol. The maximum Gasteiger partial charge on any atom is 0.272 e. The normalized spacial score (nSPS) is 15.7. The number of rotatable bonds is 7. The third-order valence-corrected chi connectivity index (χ3v) is 3.42. The van der Waals surface area contributed by atoms with Crippen LogP contribution in [0, 0.1) is 15.9 Å². The van der Waals surface area contributed by atoms with Gasteiger partial charge in [0.15, 0.2) is 0 Å². The summed E-state index contributed by atoms with van der Waals surface area (Å²) in [6, 6.07) is 3.61. The van der Waals surface area contributed by atoms with Crippen molar-refractivity contribution >= 4 is 5.69 Å². The maximum absolute atomic E-state index is 13.2. The number of benzene rings is 1. The van der Waals surface area contributed by atoms with Gasteiger partial charge in [0.25, 0.3) is 5.69 Å². The Balaban J connectivity index is 1.71. The van der Waals surface area contributed by atoms with E-state index in [9.17, 15) is 14.5 Å². The second kappa shape index (κ2) is 7.31. The molecule has 0 saturated heterocycles. The molecule has 0 bridgehead atoms. The Bertz CT molecular complexity index is 462. The standard InChI is InChI=1S/C14H19FN2O3/c15-12-7-11(8-13(9-12)17(18)19)10-16-5-6-20-14-3-1-2-4-14/h7-9,14,16H,1-6,10H2. The molecule has 2 rings (SSSR count). The van der Waals surface area contributed by atoms with Gasteiger partial charge in [0.1, 0.15) is 5.82 Å². The van der Waals surface area contributed by atoms with Gasteiger partial charge >= 0.3 is 0 Å². The topological polar surface area (TPSA) is 64.4 Å². The number of nitro benzene ring substituents is 1. The predicted octanol–water partition coefficient (Wildman–Crippen LogP) is 2.78. The molecule has 20 heavy (non-hydrogen) atoms. The minimum Gasteiger partial charge on any atom is -0.377 e. The number of nitro groups is 1. The highest BCUT2D eigenvalue weighted by atomic mass is 19.1. The molecule has 6 heteroatoms. The Morgan fingerprint density at radius 3 is 2.80 bits per heavy atom. The van der Waals surface area contributed by atoms with E-state index in [1.54, 1.807) is 0 Å². The average Bonchev–Trinajstić information content (AvgIpc) is 2.91. The van der Waals surface area contributed by atoms with Gasteiger partial charge in [-0.25, -0.2) is 4.39 Å². The third kappa shape index (κ3) is 4.54. The van der Waals surface area contributed by atoms with Crippen LogP contribution in [0.3, 0.4) is 0 Å². The Morgan fingerprint density at radius 1 is 1.35 bits per heavy atom. The van der Waals surface area contributed by atoms with Gasteiger partial charge in [-0.1, -0.05) is 12.8 Å². The molecule has 5 nitrogen and oxygen atoms in total. The minimum atomic E-state index is -0.588. The summed E-state index contributed by atoms with van der Waals surface area (Å²) in [6.45, 7) is 1.66. The lowest BCUT2D eigenvalue weighted by atomic mass is 10.2. The van der Waals surface area contributed by atoms with Gasteiger partial charge in [0, 0.05) is 19.2 Å². The molecule has 0 radical (unpaired) electrons. The van der Waals surface area contributed by atoms with E-state index in [1.807, 2.05) is 0 Å². The van der Waals surface area contributed by atoms with Crippen LogP contribution in [0.2, 0.25) is 0 Å². The summed E-state index contributed by atoms with van der Waals surface area (Å²) >= 11 is 0. The van der Waals surface area contributed by atoms with Gasteiger partial charge in [-0.05, 0) is 24.5 Å². The zero-order valence-corrected chi connectivity index (χ0v) is 11.3. The zero-order chi connectivity index (χ0) is 14.4. The van der Waals surface area contributed by atoms with Crippen LogP contribution in [0.25, 0.3) is 0 Å². The monoisotopic (exact) mass is 282 g/mol. The molecule has 0 atom stereocenters. The van der Waals surface area contributed by atoms with Crippen molar-refractivity contribution in [2.24, 2.45) is 0 Å². The molecule has 1 aromatic carbocycles. The van der Waals surface area contributed by atoms with E-state index < -0.39 is 10.7 Å². The molecule has 0 unspecified atom stereocenters. The molecule has 0 amide bonds. The van der Waals surface area contributed by atoms with Crippen molar-refractivity contribution in [1.82, 2.24) is 5.32 Å². The molecule has 1 aliphatic carbocycles. The summed E-state index contributed by atoms with van der Waals surface area (Å²) in [5, 5.41) is 13.7. The average molecular weight is 282 g/mol. The summed E-state index contributed by atoms with van der Waals surface area (Å²) in [6.07, 6.45) is 5.13. The summed E-state index contributed by atoms with van der Waals surface area (Å²) < 4.78 is 18.9. The number of non-ortho nitro benzene ring substituents is 1. The van der Waals surface area contributed by atoms with E-state index in [0.29, 0.717) is 31.4 Å². The van der Waals surface area contributed by atoms with E-state index in [4.69, 9.17) is 4.74 Å². The van der Waals surface area contributed by atoms with E-state index in [-0.39, 0.29) is 5.69 Å². The molecule has 1 saturated carbocycles. The van der Waals surface area contributed by atoms with Crippen molar-refractivity contribution in [3.63, 3.8) is 0 Å². The van der Waals surface area contributed by atoms with Crippen LogP contribution in [0.4, 0.5) is 10.1 Å². The molecule has 1 N–H and O–H groups in total. The van der Waals surface area contributed by atoms with Gasteiger partial charge in [0.05, 0.1) is 23.7 Å².